The molecule has 1 aromatic heterocycles. The Labute approximate surface area is 159 Å². The number of nitrogens with zero attached hydrogens (tertiary/aromatic N) is 3. The Morgan fingerprint density at radius 3 is 2.33 bits per heavy atom. The molecular weight excluding hydrogens is 364 g/mol. The lowest BCUT2D eigenvalue weighted by Crippen LogP contribution is -2.34. The van der Waals surface area contributed by atoms with Crippen molar-refractivity contribution in [1.82, 2.24) is 9.97 Å². The summed E-state index contributed by atoms with van der Waals surface area (Å²) in [6, 6.07) is 7.59. The zero-order chi connectivity index (χ0) is 19.6. The predicted molar refractivity (Wildman–Crippen MR) is 106 cm³/mol. The largest absolute Gasteiger partial charge is 0.340 e. The molecule has 2 aromatic rings. The molecule has 1 fully saturated rings. The fraction of sp³-hybridized carbons (Fsp3) is 0.421. The van der Waals surface area contributed by atoms with Crippen molar-refractivity contribution < 1.29 is 13.2 Å². The van der Waals surface area contributed by atoms with E-state index in [1.165, 1.54) is 18.0 Å². The summed E-state index contributed by atoms with van der Waals surface area (Å²) in [5.74, 6) is 0.863. The summed E-state index contributed by atoms with van der Waals surface area (Å²) in [6.07, 6.45) is 3.48. The van der Waals surface area contributed by atoms with Gasteiger partial charge in [0.25, 0.3) is 5.91 Å². The molecule has 1 aromatic carbocycles. The molecule has 3 rings (SSSR count). The van der Waals surface area contributed by atoms with Crippen molar-refractivity contribution in [1.29, 1.82) is 0 Å². The molecule has 27 heavy (non-hydrogen) atoms. The van der Waals surface area contributed by atoms with E-state index in [0.29, 0.717) is 29.5 Å². The number of amides is 1. The topological polar surface area (TPSA) is 92.3 Å². The molecule has 0 saturated carbocycles. The van der Waals surface area contributed by atoms with Crippen molar-refractivity contribution >= 4 is 27.4 Å². The number of carbonyl (C=O) groups excluding carboxylic acids is 1. The molecule has 0 spiro atoms. The quantitative estimate of drug-likeness (QED) is 0.846. The van der Waals surface area contributed by atoms with E-state index in [1.54, 1.807) is 11.9 Å². The van der Waals surface area contributed by atoms with Crippen molar-refractivity contribution in [3.63, 3.8) is 0 Å². The predicted octanol–water partition coefficient (Wildman–Crippen LogP) is 2.48. The first-order chi connectivity index (χ1) is 12.7. The minimum atomic E-state index is -2.97. The van der Waals surface area contributed by atoms with Gasteiger partial charge in [-0.3, -0.25) is 4.79 Å². The Hall–Kier alpha value is -2.48. The van der Waals surface area contributed by atoms with Gasteiger partial charge >= 0.3 is 0 Å². The third-order valence-corrected chi connectivity index (χ3v) is 6.56. The third kappa shape index (κ3) is 4.63. The molecule has 1 N–H and O–H groups in total. The van der Waals surface area contributed by atoms with Gasteiger partial charge < -0.3 is 10.2 Å². The lowest BCUT2D eigenvalue weighted by Gasteiger charge is -2.23. The van der Waals surface area contributed by atoms with E-state index in [2.05, 4.69) is 29.1 Å². The van der Waals surface area contributed by atoms with Gasteiger partial charge in [0.15, 0.2) is 9.84 Å². The smallest absolute Gasteiger partial charge is 0.258 e. The van der Waals surface area contributed by atoms with Crippen LogP contribution in [-0.2, 0) is 9.84 Å². The molecule has 1 atom stereocenters. The molecule has 1 aliphatic heterocycles. The Kier molecular flexibility index (Phi) is 5.46. The molecule has 0 bridgehead atoms. The summed E-state index contributed by atoms with van der Waals surface area (Å²) in [5.41, 5.74) is 2.26. The Balaban J connectivity index is 1.65. The van der Waals surface area contributed by atoms with Crippen LogP contribution in [0.25, 0.3) is 0 Å². The number of rotatable bonds is 5. The minimum Gasteiger partial charge on any atom is -0.340 e. The van der Waals surface area contributed by atoms with E-state index in [-0.39, 0.29) is 23.5 Å². The fourth-order valence-electron chi connectivity index (χ4n) is 3.02. The first-order valence-electron chi connectivity index (χ1n) is 8.92. The van der Waals surface area contributed by atoms with Crippen molar-refractivity contribution in [2.24, 2.45) is 0 Å². The number of aromatic nitrogens is 2. The van der Waals surface area contributed by atoms with Gasteiger partial charge in [0.05, 0.1) is 17.1 Å². The zero-order valence-electron chi connectivity index (χ0n) is 15.7. The maximum Gasteiger partial charge on any atom is 0.258 e. The van der Waals surface area contributed by atoms with E-state index in [4.69, 9.17) is 0 Å². The van der Waals surface area contributed by atoms with Gasteiger partial charge in [0.1, 0.15) is 0 Å². The maximum absolute atomic E-state index is 12.4. The highest BCUT2D eigenvalue weighted by molar-refractivity contribution is 7.91. The second kappa shape index (κ2) is 7.64. The number of benzene rings is 1. The first-order valence-corrected chi connectivity index (χ1v) is 10.7. The molecular formula is C19H24N4O3S. The summed E-state index contributed by atoms with van der Waals surface area (Å²) in [7, 11) is -1.20. The first kappa shape index (κ1) is 19.3. The molecule has 1 saturated heterocycles. The lowest BCUT2D eigenvalue weighted by atomic mass is 10.0. The monoisotopic (exact) mass is 388 g/mol. The van der Waals surface area contributed by atoms with Crippen LogP contribution in [0.15, 0.2) is 36.7 Å². The fourth-order valence-corrected chi connectivity index (χ4v) is 4.79. The minimum absolute atomic E-state index is 0.113. The molecule has 0 radical (unpaired) electrons. The van der Waals surface area contributed by atoms with Crippen LogP contribution in [0.4, 0.5) is 11.6 Å². The highest BCUT2D eigenvalue weighted by Crippen LogP contribution is 2.20. The number of anilines is 2. The van der Waals surface area contributed by atoms with Crippen LogP contribution in [0.3, 0.4) is 0 Å². The van der Waals surface area contributed by atoms with Crippen LogP contribution in [0.5, 0.6) is 0 Å². The van der Waals surface area contributed by atoms with Crippen LogP contribution in [0.2, 0.25) is 0 Å². The molecule has 144 valence electrons. The van der Waals surface area contributed by atoms with Crippen molar-refractivity contribution in [2.45, 2.75) is 32.2 Å². The Morgan fingerprint density at radius 1 is 1.19 bits per heavy atom. The number of sulfone groups is 1. The summed E-state index contributed by atoms with van der Waals surface area (Å²) in [6.45, 7) is 4.23. The van der Waals surface area contributed by atoms with Gasteiger partial charge in [-0.1, -0.05) is 26.0 Å². The average molecular weight is 388 g/mol. The summed E-state index contributed by atoms with van der Waals surface area (Å²) >= 11 is 0. The highest BCUT2D eigenvalue weighted by Gasteiger charge is 2.31. The summed E-state index contributed by atoms with van der Waals surface area (Å²) in [4.78, 5) is 22.6. The standard InChI is InChI=1S/C19H24N4O3S/c1-13(2)14-4-6-16(7-5-14)22-18(24)15-10-20-19(21-11-15)23(3)17-8-9-27(25,26)12-17/h4-7,10-11,13,17H,8-9,12H2,1-3H3,(H,22,24). The molecule has 1 unspecified atom stereocenters. The number of hydrogen-bond donors (Lipinski definition) is 1. The highest BCUT2D eigenvalue weighted by atomic mass is 32.2. The number of nitrogens with one attached hydrogen (secondary N) is 1. The zero-order valence-corrected chi connectivity index (χ0v) is 16.5. The number of hydrogen-bond acceptors (Lipinski definition) is 6. The Bertz CT molecular complexity index is 909. The molecule has 1 amide bonds. The third-order valence-electron chi connectivity index (χ3n) is 4.81. The van der Waals surface area contributed by atoms with E-state index in [0.717, 1.165) is 0 Å². The van der Waals surface area contributed by atoms with E-state index >= 15 is 0 Å². The van der Waals surface area contributed by atoms with Gasteiger partial charge in [-0.05, 0) is 30.0 Å². The second-order valence-corrected chi connectivity index (χ2v) is 9.40. The summed E-state index contributed by atoms with van der Waals surface area (Å²) in [5, 5.41) is 2.83. The molecule has 7 nitrogen and oxygen atoms in total. The van der Waals surface area contributed by atoms with Crippen molar-refractivity contribution in [3.05, 3.63) is 47.8 Å². The number of carbonyl (C=O) groups is 1. The SMILES string of the molecule is CC(C)c1ccc(NC(=O)c2cnc(N(C)C3CCS(=O)(=O)C3)nc2)cc1. The molecule has 2 heterocycles. The maximum atomic E-state index is 12.4. The van der Waals surface area contributed by atoms with Crippen LogP contribution in [-0.4, -0.2) is 48.9 Å². The van der Waals surface area contributed by atoms with Crippen LogP contribution >= 0.6 is 0 Å². The van der Waals surface area contributed by atoms with Gasteiger partial charge in [-0.15, -0.1) is 0 Å². The lowest BCUT2D eigenvalue weighted by molar-refractivity contribution is 0.102. The molecule has 0 aliphatic carbocycles. The molecule has 1 aliphatic rings. The van der Waals surface area contributed by atoms with E-state index in [1.807, 2.05) is 24.3 Å². The van der Waals surface area contributed by atoms with E-state index in [9.17, 15) is 13.2 Å². The average Bonchev–Trinajstić information content (AvgIpc) is 3.01. The summed E-state index contributed by atoms with van der Waals surface area (Å²) < 4.78 is 23.3. The Morgan fingerprint density at radius 2 is 1.81 bits per heavy atom. The van der Waals surface area contributed by atoms with Crippen molar-refractivity contribution in [2.75, 3.05) is 28.8 Å². The van der Waals surface area contributed by atoms with Crippen LogP contribution < -0.4 is 10.2 Å². The van der Waals surface area contributed by atoms with Gasteiger partial charge in [-0.2, -0.15) is 0 Å². The van der Waals surface area contributed by atoms with Crippen molar-refractivity contribution in [3.8, 4) is 0 Å². The van der Waals surface area contributed by atoms with Crippen LogP contribution in [0, 0.1) is 0 Å². The molecule has 8 heteroatoms. The van der Waals surface area contributed by atoms with E-state index < -0.39 is 9.84 Å². The van der Waals surface area contributed by atoms with Crippen LogP contribution in [0.1, 0.15) is 42.1 Å². The van der Waals surface area contributed by atoms with Gasteiger partial charge in [0.2, 0.25) is 5.95 Å². The second-order valence-electron chi connectivity index (χ2n) is 7.17. The van der Waals surface area contributed by atoms with Gasteiger partial charge in [0, 0.05) is 31.2 Å². The normalized spacial score (nSPS) is 18.4. The van der Waals surface area contributed by atoms with Gasteiger partial charge in [-0.25, -0.2) is 18.4 Å².